The van der Waals surface area contributed by atoms with Gasteiger partial charge in [0.1, 0.15) is 5.69 Å². The Bertz CT molecular complexity index is 579. The van der Waals surface area contributed by atoms with Gasteiger partial charge in [0.25, 0.3) is 5.91 Å². The second-order valence-corrected chi connectivity index (χ2v) is 5.83. The van der Waals surface area contributed by atoms with E-state index in [1.807, 2.05) is 6.92 Å². The largest absolute Gasteiger partial charge is 0.349 e. The third kappa shape index (κ3) is 4.11. The van der Waals surface area contributed by atoms with E-state index < -0.39 is 0 Å². The number of hydrogen-bond acceptors (Lipinski definition) is 5. The number of thiophene rings is 1. The molecule has 1 atom stereocenters. The van der Waals surface area contributed by atoms with E-state index in [2.05, 4.69) is 50.9 Å². The van der Waals surface area contributed by atoms with E-state index in [-0.39, 0.29) is 11.9 Å². The summed E-state index contributed by atoms with van der Waals surface area (Å²) in [6.45, 7) is 8.56. The molecule has 2 aromatic rings. The van der Waals surface area contributed by atoms with E-state index >= 15 is 0 Å². The Morgan fingerprint density at radius 3 is 2.64 bits per heavy atom. The molecule has 1 unspecified atom stereocenters. The summed E-state index contributed by atoms with van der Waals surface area (Å²) in [4.78, 5) is 22.8. The lowest BCUT2D eigenvalue weighted by molar-refractivity contribution is 0.0929. The lowest BCUT2D eigenvalue weighted by atomic mass is 10.1. The van der Waals surface area contributed by atoms with E-state index in [0.29, 0.717) is 12.2 Å². The number of nitrogens with zero attached hydrogens (tertiary/aromatic N) is 3. The van der Waals surface area contributed by atoms with Crippen molar-refractivity contribution in [1.29, 1.82) is 0 Å². The molecule has 0 spiro atoms. The van der Waals surface area contributed by atoms with E-state index in [1.54, 1.807) is 17.5 Å². The zero-order chi connectivity index (χ0) is 15.9. The standard InChI is InChI=1S/C16H22N4OS/c1-4-20(5-2)15(13-6-7-22-11-13)10-19-16(21)14-9-17-12(3)8-18-14/h6-9,11,15H,4-5,10H2,1-3H3,(H,19,21). The quantitative estimate of drug-likeness (QED) is 0.852. The van der Waals surface area contributed by atoms with Gasteiger partial charge < -0.3 is 5.32 Å². The highest BCUT2D eigenvalue weighted by atomic mass is 32.1. The topological polar surface area (TPSA) is 58.1 Å². The number of carbonyl (C=O) groups is 1. The Morgan fingerprint density at radius 2 is 2.09 bits per heavy atom. The molecule has 2 aromatic heterocycles. The van der Waals surface area contributed by atoms with Crippen LogP contribution in [-0.2, 0) is 0 Å². The summed E-state index contributed by atoms with van der Waals surface area (Å²) in [5.74, 6) is -0.181. The minimum atomic E-state index is -0.181. The maximum absolute atomic E-state index is 12.2. The molecule has 0 fully saturated rings. The van der Waals surface area contributed by atoms with Gasteiger partial charge in [-0.3, -0.25) is 14.7 Å². The molecule has 2 heterocycles. The highest BCUT2D eigenvalue weighted by Crippen LogP contribution is 2.22. The van der Waals surface area contributed by atoms with Crippen LogP contribution in [0.5, 0.6) is 0 Å². The molecule has 5 nitrogen and oxygen atoms in total. The predicted octanol–water partition coefficient (Wildman–Crippen LogP) is 2.66. The third-order valence-corrected chi connectivity index (χ3v) is 4.35. The lowest BCUT2D eigenvalue weighted by Crippen LogP contribution is -2.38. The van der Waals surface area contributed by atoms with Crippen molar-refractivity contribution in [2.75, 3.05) is 19.6 Å². The van der Waals surface area contributed by atoms with Gasteiger partial charge in [-0.05, 0) is 42.4 Å². The maximum Gasteiger partial charge on any atom is 0.271 e. The number of aromatic nitrogens is 2. The van der Waals surface area contributed by atoms with Crippen LogP contribution < -0.4 is 5.32 Å². The summed E-state index contributed by atoms with van der Waals surface area (Å²) in [6, 6.07) is 2.30. The number of hydrogen-bond donors (Lipinski definition) is 1. The average Bonchev–Trinajstić information content (AvgIpc) is 3.06. The molecule has 0 bridgehead atoms. The fraction of sp³-hybridized carbons (Fsp3) is 0.438. The monoisotopic (exact) mass is 318 g/mol. The minimum absolute atomic E-state index is 0.181. The van der Waals surface area contributed by atoms with Gasteiger partial charge in [0.2, 0.25) is 0 Å². The van der Waals surface area contributed by atoms with Crippen LogP contribution >= 0.6 is 11.3 Å². The molecule has 0 aliphatic rings. The highest BCUT2D eigenvalue weighted by Gasteiger charge is 2.19. The van der Waals surface area contributed by atoms with Crippen molar-refractivity contribution in [3.63, 3.8) is 0 Å². The third-order valence-electron chi connectivity index (χ3n) is 3.65. The Labute approximate surface area is 135 Å². The van der Waals surface area contributed by atoms with Crippen LogP contribution in [-0.4, -0.2) is 40.4 Å². The maximum atomic E-state index is 12.2. The average molecular weight is 318 g/mol. The molecule has 0 aliphatic carbocycles. The van der Waals surface area contributed by atoms with Crippen molar-refractivity contribution in [3.05, 3.63) is 46.2 Å². The molecule has 118 valence electrons. The predicted molar refractivity (Wildman–Crippen MR) is 89.1 cm³/mol. The van der Waals surface area contributed by atoms with E-state index in [4.69, 9.17) is 0 Å². The normalized spacial score (nSPS) is 12.4. The van der Waals surface area contributed by atoms with Gasteiger partial charge in [-0.1, -0.05) is 13.8 Å². The molecule has 0 saturated carbocycles. The Balaban J connectivity index is 2.04. The first-order valence-electron chi connectivity index (χ1n) is 7.48. The van der Waals surface area contributed by atoms with E-state index in [1.165, 1.54) is 11.8 Å². The van der Waals surface area contributed by atoms with Crippen molar-refractivity contribution in [3.8, 4) is 0 Å². The number of rotatable bonds is 7. The smallest absolute Gasteiger partial charge is 0.271 e. The van der Waals surface area contributed by atoms with Gasteiger partial charge in [-0.2, -0.15) is 11.3 Å². The highest BCUT2D eigenvalue weighted by molar-refractivity contribution is 7.07. The summed E-state index contributed by atoms with van der Waals surface area (Å²) in [6.07, 6.45) is 3.12. The summed E-state index contributed by atoms with van der Waals surface area (Å²) in [5, 5.41) is 7.19. The molecule has 22 heavy (non-hydrogen) atoms. The van der Waals surface area contributed by atoms with Crippen LogP contribution in [0.2, 0.25) is 0 Å². The number of aryl methyl sites for hydroxylation is 1. The molecule has 1 N–H and O–H groups in total. The van der Waals surface area contributed by atoms with Crippen LogP contribution in [0, 0.1) is 6.92 Å². The van der Waals surface area contributed by atoms with Gasteiger partial charge in [-0.15, -0.1) is 0 Å². The van der Waals surface area contributed by atoms with E-state index in [0.717, 1.165) is 18.8 Å². The zero-order valence-corrected chi connectivity index (χ0v) is 14.1. The summed E-state index contributed by atoms with van der Waals surface area (Å²) in [7, 11) is 0. The molecular formula is C16H22N4OS. The summed E-state index contributed by atoms with van der Waals surface area (Å²) in [5.41, 5.74) is 2.40. The second-order valence-electron chi connectivity index (χ2n) is 5.05. The van der Waals surface area contributed by atoms with Gasteiger partial charge in [0.15, 0.2) is 0 Å². The van der Waals surface area contributed by atoms with Crippen molar-refractivity contribution in [2.24, 2.45) is 0 Å². The number of likely N-dealkylation sites (N-methyl/N-ethyl adjacent to an activating group) is 1. The number of amides is 1. The van der Waals surface area contributed by atoms with Crippen LogP contribution in [0.15, 0.2) is 29.2 Å². The molecule has 0 aliphatic heterocycles. The van der Waals surface area contributed by atoms with Crippen LogP contribution in [0.25, 0.3) is 0 Å². The second kappa shape index (κ2) is 8.00. The SMILES string of the molecule is CCN(CC)C(CNC(=O)c1cnc(C)cn1)c1ccsc1. The first-order valence-corrected chi connectivity index (χ1v) is 8.43. The van der Waals surface area contributed by atoms with Gasteiger partial charge in [0, 0.05) is 12.7 Å². The summed E-state index contributed by atoms with van der Waals surface area (Å²) >= 11 is 1.68. The lowest BCUT2D eigenvalue weighted by Gasteiger charge is -2.29. The Hall–Kier alpha value is -1.79. The number of carbonyl (C=O) groups excluding carboxylic acids is 1. The van der Waals surface area contributed by atoms with Crippen molar-refractivity contribution >= 4 is 17.2 Å². The molecule has 6 heteroatoms. The van der Waals surface area contributed by atoms with Crippen molar-refractivity contribution < 1.29 is 4.79 Å². The summed E-state index contributed by atoms with van der Waals surface area (Å²) < 4.78 is 0. The molecule has 2 rings (SSSR count). The number of nitrogens with one attached hydrogen (secondary N) is 1. The zero-order valence-electron chi connectivity index (χ0n) is 13.2. The van der Waals surface area contributed by atoms with Gasteiger partial charge in [-0.25, -0.2) is 4.98 Å². The first kappa shape index (κ1) is 16.6. The van der Waals surface area contributed by atoms with Crippen molar-refractivity contribution in [1.82, 2.24) is 20.2 Å². The van der Waals surface area contributed by atoms with Crippen LogP contribution in [0.3, 0.4) is 0 Å². The van der Waals surface area contributed by atoms with Gasteiger partial charge >= 0.3 is 0 Å². The molecule has 0 radical (unpaired) electrons. The van der Waals surface area contributed by atoms with Gasteiger partial charge in [0.05, 0.1) is 17.9 Å². The fourth-order valence-electron chi connectivity index (χ4n) is 2.38. The van der Waals surface area contributed by atoms with Crippen LogP contribution in [0.1, 0.15) is 41.6 Å². The molecular weight excluding hydrogens is 296 g/mol. The Kier molecular flexibility index (Phi) is 6.03. The first-order chi connectivity index (χ1) is 10.7. The molecule has 0 saturated heterocycles. The van der Waals surface area contributed by atoms with Crippen molar-refractivity contribution in [2.45, 2.75) is 26.8 Å². The minimum Gasteiger partial charge on any atom is -0.349 e. The van der Waals surface area contributed by atoms with E-state index in [9.17, 15) is 4.79 Å². The fourth-order valence-corrected chi connectivity index (χ4v) is 3.08. The molecule has 0 aromatic carbocycles. The molecule has 1 amide bonds. The van der Waals surface area contributed by atoms with Crippen LogP contribution in [0.4, 0.5) is 0 Å². The Morgan fingerprint density at radius 1 is 1.32 bits per heavy atom.